The molecule has 5 atom stereocenters. The van der Waals surface area contributed by atoms with Gasteiger partial charge in [0.25, 0.3) is 0 Å². The topological polar surface area (TPSA) is 66.5 Å². The summed E-state index contributed by atoms with van der Waals surface area (Å²) in [6.45, 7) is 1.82. The number of likely N-dealkylation sites (tertiary alicyclic amines) is 1. The minimum atomic E-state index is -0.782. The molecule has 1 aromatic rings. The van der Waals surface area contributed by atoms with Crippen molar-refractivity contribution < 1.29 is 14.4 Å². The summed E-state index contributed by atoms with van der Waals surface area (Å²) in [6.07, 6.45) is 6.45. The highest BCUT2D eigenvalue weighted by Gasteiger charge is 2.58. The maximum Gasteiger partial charge on any atom is 0.247 e. The summed E-state index contributed by atoms with van der Waals surface area (Å²) in [4.78, 5) is 40.1. The monoisotopic (exact) mass is 372 g/mol. The average molecular weight is 373 g/mol. The first-order valence-corrected chi connectivity index (χ1v) is 9.50. The molecular weight excluding hydrogens is 352 g/mol. The van der Waals surface area contributed by atoms with Crippen LogP contribution in [0, 0.1) is 23.7 Å². The Bertz CT molecular complexity index is 757. The van der Waals surface area contributed by atoms with Gasteiger partial charge in [0.05, 0.1) is 11.8 Å². The van der Waals surface area contributed by atoms with E-state index in [9.17, 15) is 14.4 Å². The van der Waals surface area contributed by atoms with Gasteiger partial charge in [-0.05, 0) is 55.4 Å². The van der Waals surface area contributed by atoms with Gasteiger partial charge in [-0.2, -0.15) is 0 Å². The number of carbonyl (C=O) groups excluding carboxylic acids is 3. The van der Waals surface area contributed by atoms with Crippen LogP contribution in [0.15, 0.2) is 36.4 Å². The number of amides is 3. The second-order valence-electron chi connectivity index (χ2n) is 7.31. The highest BCUT2D eigenvalue weighted by molar-refractivity contribution is 6.30. The lowest BCUT2D eigenvalue weighted by Crippen LogP contribution is -2.47. The fourth-order valence-electron chi connectivity index (χ4n) is 4.65. The molecule has 1 aromatic carbocycles. The molecule has 1 aliphatic heterocycles. The minimum absolute atomic E-state index is 0.128. The van der Waals surface area contributed by atoms with Gasteiger partial charge in [0.2, 0.25) is 17.7 Å². The summed E-state index contributed by atoms with van der Waals surface area (Å²) in [7, 11) is 0. The predicted molar refractivity (Wildman–Crippen MR) is 98.3 cm³/mol. The Kier molecular flexibility index (Phi) is 4.35. The zero-order valence-corrected chi connectivity index (χ0v) is 15.3. The molecule has 4 aliphatic rings. The van der Waals surface area contributed by atoms with Crippen molar-refractivity contribution in [2.45, 2.75) is 32.2 Å². The molecule has 1 heterocycles. The first kappa shape index (κ1) is 17.3. The van der Waals surface area contributed by atoms with Crippen molar-refractivity contribution in [2.75, 3.05) is 5.32 Å². The number of nitrogens with one attached hydrogen (secondary N) is 1. The van der Waals surface area contributed by atoms with Gasteiger partial charge in [0.15, 0.2) is 0 Å². The highest BCUT2D eigenvalue weighted by Crippen LogP contribution is 2.50. The molecule has 0 unspecified atom stereocenters. The van der Waals surface area contributed by atoms with Crippen LogP contribution in [0.1, 0.15) is 26.2 Å². The molecule has 26 heavy (non-hydrogen) atoms. The Labute approximate surface area is 157 Å². The Morgan fingerprint density at radius 3 is 2.12 bits per heavy atom. The molecule has 1 saturated heterocycles. The van der Waals surface area contributed by atoms with Gasteiger partial charge < -0.3 is 5.32 Å². The number of rotatable bonds is 4. The number of nitrogens with zero attached hydrogens (tertiary/aromatic N) is 1. The van der Waals surface area contributed by atoms with E-state index < -0.39 is 6.04 Å². The number of fused-ring (bicyclic) bond motifs is 1. The number of benzene rings is 1. The van der Waals surface area contributed by atoms with Gasteiger partial charge in [0.1, 0.15) is 6.04 Å². The number of halogens is 1. The molecule has 2 bridgehead atoms. The third-order valence-corrected chi connectivity index (χ3v) is 6.16. The molecule has 2 fully saturated rings. The van der Waals surface area contributed by atoms with E-state index in [-0.39, 0.29) is 41.4 Å². The van der Waals surface area contributed by atoms with E-state index in [1.165, 1.54) is 4.90 Å². The Morgan fingerprint density at radius 1 is 1.12 bits per heavy atom. The van der Waals surface area contributed by atoms with E-state index in [4.69, 9.17) is 11.6 Å². The van der Waals surface area contributed by atoms with Crippen LogP contribution in [0.5, 0.6) is 0 Å². The Balaban J connectivity index is 1.56. The van der Waals surface area contributed by atoms with Gasteiger partial charge >= 0.3 is 0 Å². The van der Waals surface area contributed by atoms with Crippen molar-refractivity contribution in [2.24, 2.45) is 23.7 Å². The van der Waals surface area contributed by atoms with Crippen molar-refractivity contribution >= 4 is 35.0 Å². The first-order valence-electron chi connectivity index (χ1n) is 9.13. The minimum Gasteiger partial charge on any atom is -0.324 e. The van der Waals surface area contributed by atoms with Crippen LogP contribution in [-0.2, 0) is 14.4 Å². The molecule has 5 rings (SSSR count). The second kappa shape index (κ2) is 6.54. The largest absolute Gasteiger partial charge is 0.324 e. The first-order chi connectivity index (χ1) is 12.5. The van der Waals surface area contributed by atoms with Crippen LogP contribution in [0.3, 0.4) is 0 Å². The zero-order chi connectivity index (χ0) is 18.4. The van der Waals surface area contributed by atoms with Gasteiger partial charge in [-0.15, -0.1) is 0 Å². The van der Waals surface area contributed by atoms with Crippen molar-refractivity contribution in [3.63, 3.8) is 0 Å². The Morgan fingerprint density at radius 2 is 1.65 bits per heavy atom. The van der Waals surface area contributed by atoms with Gasteiger partial charge in [-0.25, -0.2) is 0 Å². The maximum atomic E-state index is 13.0. The summed E-state index contributed by atoms with van der Waals surface area (Å²) in [5, 5.41) is 3.37. The molecule has 3 amide bonds. The molecule has 1 N–H and O–H groups in total. The summed E-state index contributed by atoms with van der Waals surface area (Å²) in [5.74, 6) is -1.02. The summed E-state index contributed by atoms with van der Waals surface area (Å²) >= 11 is 5.87. The quantitative estimate of drug-likeness (QED) is 0.651. The summed E-state index contributed by atoms with van der Waals surface area (Å²) < 4.78 is 0. The molecule has 1 saturated carbocycles. The number of carbonyl (C=O) groups is 3. The van der Waals surface area contributed by atoms with Gasteiger partial charge in [-0.1, -0.05) is 30.7 Å². The van der Waals surface area contributed by atoms with E-state index in [0.29, 0.717) is 17.1 Å². The van der Waals surface area contributed by atoms with Crippen molar-refractivity contribution in [1.82, 2.24) is 4.90 Å². The number of allylic oxidation sites excluding steroid dienone is 2. The fourth-order valence-corrected chi connectivity index (χ4v) is 4.77. The van der Waals surface area contributed by atoms with Crippen LogP contribution in [0.25, 0.3) is 0 Å². The van der Waals surface area contributed by atoms with E-state index >= 15 is 0 Å². The molecule has 0 spiro atoms. The van der Waals surface area contributed by atoms with E-state index in [1.54, 1.807) is 24.3 Å². The third kappa shape index (κ3) is 2.65. The van der Waals surface area contributed by atoms with Crippen LogP contribution in [-0.4, -0.2) is 28.7 Å². The standard InChI is InChI=1S/C20H21ClN2O3/c1-2-15(18(24)22-14-9-7-13(21)8-10-14)23-19(25)16-11-3-4-12(6-5-11)17(16)20(23)26/h3-4,7-12,15-17H,2,5-6H2,1H3,(H,22,24)/t11-,12-,15+,16-,17-/m0/s1. The highest BCUT2D eigenvalue weighted by atomic mass is 35.5. The molecule has 6 heteroatoms. The lowest BCUT2D eigenvalue weighted by atomic mass is 9.63. The smallest absolute Gasteiger partial charge is 0.247 e. The SMILES string of the molecule is CC[C@H](C(=O)Nc1ccc(Cl)cc1)N1C(=O)[C@@H]2[C@@H](C1=O)[C@H]1C=C[C@H]2CC1. The number of hydrogen-bond donors (Lipinski definition) is 1. The molecular formula is C20H21ClN2O3. The van der Waals surface area contributed by atoms with Crippen LogP contribution in [0.2, 0.25) is 5.02 Å². The van der Waals surface area contributed by atoms with Crippen molar-refractivity contribution in [1.29, 1.82) is 0 Å². The van der Waals surface area contributed by atoms with Gasteiger partial charge in [0, 0.05) is 10.7 Å². The number of imide groups is 1. The summed E-state index contributed by atoms with van der Waals surface area (Å²) in [5.41, 5.74) is 0.594. The van der Waals surface area contributed by atoms with Crippen molar-refractivity contribution in [3.05, 3.63) is 41.4 Å². The molecule has 0 radical (unpaired) electrons. The molecule has 5 nitrogen and oxygen atoms in total. The maximum absolute atomic E-state index is 13.0. The van der Waals surface area contributed by atoms with Crippen LogP contribution >= 0.6 is 11.6 Å². The fraction of sp³-hybridized carbons (Fsp3) is 0.450. The molecule has 136 valence electrons. The molecule has 0 aromatic heterocycles. The lowest BCUT2D eigenvalue weighted by Gasteiger charge is -2.38. The Hall–Kier alpha value is -2.14. The second-order valence-corrected chi connectivity index (χ2v) is 7.74. The zero-order valence-electron chi connectivity index (χ0n) is 14.5. The number of anilines is 1. The average Bonchev–Trinajstić information content (AvgIpc) is 2.93. The summed E-state index contributed by atoms with van der Waals surface area (Å²) in [6, 6.07) is 5.98. The lowest BCUT2D eigenvalue weighted by molar-refractivity contribution is -0.146. The van der Waals surface area contributed by atoms with Crippen LogP contribution in [0.4, 0.5) is 5.69 Å². The van der Waals surface area contributed by atoms with E-state index in [1.807, 2.05) is 6.92 Å². The van der Waals surface area contributed by atoms with E-state index in [0.717, 1.165) is 12.8 Å². The van der Waals surface area contributed by atoms with Gasteiger partial charge in [-0.3, -0.25) is 19.3 Å². The van der Waals surface area contributed by atoms with Crippen LogP contribution < -0.4 is 5.32 Å². The number of hydrogen-bond acceptors (Lipinski definition) is 3. The van der Waals surface area contributed by atoms with Crippen molar-refractivity contribution in [3.8, 4) is 0 Å². The van der Waals surface area contributed by atoms with E-state index in [2.05, 4.69) is 17.5 Å². The predicted octanol–water partition coefficient (Wildman–Crippen LogP) is 3.25. The molecule has 3 aliphatic carbocycles. The normalized spacial score (nSPS) is 30.5. The third-order valence-electron chi connectivity index (χ3n) is 5.91.